The van der Waals surface area contributed by atoms with E-state index in [0.29, 0.717) is 47.0 Å². The largest absolute Gasteiger partial charge is 0.497 e. The Kier molecular flexibility index (Phi) is 10.6. The minimum Gasteiger partial charge on any atom is -0.497 e. The van der Waals surface area contributed by atoms with Gasteiger partial charge < -0.3 is 18.9 Å². The van der Waals surface area contributed by atoms with E-state index < -0.39 is 0 Å². The first-order chi connectivity index (χ1) is 15.5. The molecule has 0 aliphatic rings. The van der Waals surface area contributed by atoms with Crippen LogP contribution in [0.15, 0.2) is 36.4 Å². The Hall–Kier alpha value is -3.02. The summed E-state index contributed by atoms with van der Waals surface area (Å²) < 4.78 is 21.0. The minimum absolute atomic E-state index is 0.0681. The fourth-order valence-electron chi connectivity index (χ4n) is 3.61. The van der Waals surface area contributed by atoms with E-state index in [1.165, 1.54) is 0 Å². The van der Waals surface area contributed by atoms with E-state index in [4.69, 9.17) is 18.9 Å². The molecule has 0 spiro atoms. The summed E-state index contributed by atoms with van der Waals surface area (Å²) in [5.41, 5.74) is 1.14. The van der Waals surface area contributed by atoms with Gasteiger partial charge in [-0.25, -0.2) is 0 Å². The van der Waals surface area contributed by atoms with Crippen LogP contribution in [0.5, 0.6) is 23.0 Å². The van der Waals surface area contributed by atoms with Crippen LogP contribution >= 0.6 is 0 Å². The van der Waals surface area contributed by atoms with E-state index in [1.807, 2.05) is 0 Å². The van der Waals surface area contributed by atoms with Crippen LogP contribution in [-0.4, -0.2) is 40.0 Å². The van der Waals surface area contributed by atoms with Crippen LogP contribution in [0.2, 0.25) is 0 Å². The van der Waals surface area contributed by atoms with E-state index in [9.17, 15) is 9.59 Å². The number of ketones is 2. The van der Waals surface area contributed by atoms with Gasteiger partial charge in [0.25, 0.3) is 0 Å². The highest BCUT2D eigenvalue weighted by Gasteiger charge is 2.14. The first-order valence-corrected chi connectivity index (χ1v) is 11.0. The standard InChI is InChI=1S/C26H34O6/c1-29-19-13-15-25(31-3)21(17-19)23(27)11-9-7-5-6-8-10-12-24(28)22-18-20(30-2)14-16-26(22)32-4/h13-18H,5-12H2,1-4H3. The predicted octanol–water partition coefficient (Wildman–Crippen LogP) is 5.91. The quantitative estimate of drug-likeness (QED) is 0.252. The number of carbonyl (C=O) groups is 2. The second-order valence-electron chi connectivity index (χ2n) is 7.60. The molecule has 2 rings (SSSR count). The van der Waals surface area contributed by atoms with Crippen LogP contribution in [-0.2, 0) is 0 Å². The van der Waals surface area contributed by atoms with Crippen LogP contribution in [0.3, 0.4) is 0 Å². The lowest BCUT2D eigenvalue weighted by Crippen LogP contribution is -2.03. The highest BCUT2D eigenvalue weighted by Crippen LogP contribution is 2.27. The molecule has 0 saturated carbocycles. The van der Waals surface area contributed by atoms with Gasteiger partial charge in [-0.15, -0.1) is 0 Å². The lowest BCUT2D eigenvalue weighted by atomic mass is 10.0. The zero-order chi connectivity index (χ0) is 23.3. The fourth-order valence-corrected chi connectivity index (χ4v) is 3.61. The molecule has 6 nitrogen and oxygen atoms in total. The summed E-state index contributed by atoms with van der Waals surface area (Å²) in [7, 11) is 6.29. The third kappa shape index (κ3) is 7.29. The Morgan fingerprint density at radius 2 is 0.938 bits per heavy atom. The van der Waals surface area contributed by atoms with Crippen molar-refractivity contribution >= 4 is 11.6 Å². The van der Waals surface area contributed by atoms with E-state index in [2.05, 4.69) is 0 Å². The molecule has 0 aromatic heterocycles. The molecule has 0 N–H and O–H groups in total. The average molecular weight is 443 g/mol. The van der Waals surface area contributed by atoms with Gasteiger partial charge in [-0.05, 0) is 49.2 Å². The van der Waals surface area contributed by atoms with Gasteiger partial charge in [0, 0.05) is 12.8 Å². The number of unbranched alkanes of at least 4 members (excludes halogenated alkanes) is 5. The van der Waals surface area contributed by atoms with E-state index in [0.717, 1.165) is 38.5 Å². The summed E-state index contributed by atoms with van der Waals surface area (Å²) in [4.78, 5) is 25.1. The number of rotatable bonds is 15. The minimum atomic E-state index is 0.0681. The van der Waals surface area contributed by atoms with E-state index >= 15 is 0 Å². The maximum Gasteiger partial charge on any atom is 0.166 e. The molecular weight excluding hydrogens is 408 g/mol. The molecule has 0 amide bonds. The maximum absolute atomic E-state index is 12.5. The average Bonchev–Trinajstić information content (AvgIpc) is 2.84. The van der Waals surface area contributed by atoms with Gasteiger partial charge in [0.05, 0.1) is 39.6 Å². The molecule has 2 aromatic rings. The lowest BCUT2D eigenvalue weighted by molar-refractivity contribution is 0.0966. The second kappa shape index (κ2) is 13.4. The Morgan fingerprint density at radius 3 is 1.28 bits per heavy atom. The topological polar surface area (TPSA) is 71.1 Å². The van der Waals surface area contributed by atoms with Crippen molar-refractivity contribution in [3.05, 3.63) is 47.5 Å². The van der Waals surface area contributed by atoms with Crippen molar-refractivity contribution in [2.24, 2.45) is 0 Å². The van der Waals surface area contributed by atoms with Crippen LogP contribution in [0, 0.1) is 0 Å². The molecule has 32 heavy (non-hydrogen) atoms. The Morgan fingerprint density at radius 1 is 0.562 bits per heavy atom. The number of methoxy groups -OCH3 is 4. The van der Waals surface area contributed by atoms with E-state index in [1.54, 1.807) is 64.8 Å². The van der Waals surface area contributed by atoms with Crippen molar-refractivity contribution in [3.63, 3.8) is 0 Å². The highest BCUT2D eigenvalue weighted by atomic mass is 16.5. The van der Waals surface area contributed by atoms with Crippen molar-refractivity contribution in [1.29, 1.82) is 0 Å². The van der Waals surface area contributed by atoms with Crippen molar-refractivity contribution in [1.82, 2.24) is 0 Å². The smallest absolute Gasteiger partial charge is 0.166 e. The van der Waals surface area contributed by atoms with E-state index in [-0.39, 0.29) is 11.6 Å². The summed E-state index contributed by atoms with van der Waals surface area (Å²) in [5.74, 6) is 2.59. The SMILES string of the molecule is COc1ccc(OC)c(C(=O)CCCCCCCCC(=O)c2cc(OC)ccc2OC)c1. The van der Waals surface area contributed by atoms with Gasteiger partial charge in [-0.3, -0.25) is 9.59 Å². The Bertz CT molecular complexity index is 816. The zero-order valence-electron chi connectivity index (χ0n) is 19.6. The van der Waals surface area contributed by atoms with Gasteiger partial charge in [0.15, 0.2) is 11.6 Å². The summed E-state index contributed by atoms with van der Waals surface area (Å²) in [6.07, 6.45) is 6.68. The van der Waals surface area contributed by atoms with Crippen LogP contribution in [0.1, 0.15) is 72.1 Å². The molecule has 0 bridgehead atoms. The third-order valence-corrected chi connectivity index (χ3v) is 5.47. The Labute approximate surface area is 190 Å². The molecule has 2 aromatic carbocycles. The molecule has 0 fully saturated rings. The molecular formula is C26H34O6. The molecule has 174 valence electrons. The number of hydrogen-bond donors (Lipinski definition) is 0. The number of benzene rings is 2. The molecule has 6 heteroatoms. The monoisotopic (exact) mass is 442 g/mol. The first-order valence-electron chi connectivity index (χ1n) is 11.0. The molecule has 0 saturated heterocycles. The summed E-state index contributed by atoms with van der Waals surface area (Å²) >= 11 is 0. The van der Waals surface area contributed by atoms with Gasteiger partial charge in [-0.1, -0.05) is 25.7 Å². The van der Waals surface area contributed by atoms with Gasteiger partial charge in [0.2, 0.25) is 0 Å². The third-order valence-electron chi connectivity index (χ3n) is 5.47. The van der Waals surface area contributed by atoms with Crippen molar-refractivity contribution in [3.8, 4) is 23.0 Å². The predicted molar refractivity (Wildman–Crippen MR) is 125 cm³/mol. The number of ether oxygens (including phenoxy) is 4. The summed E-state index contributed by atoms with van der Waals surface area (Å²) in [6, 6.07) is 10.5. The molecule has 0 aliphatic carbocycles. The normalized spacial score (nSPS) is 10.5. The van der Waals surface area contributed by atoms with Crippen LogP contribution < -0.4 is 18.9 Å². The van der Waals surface area contributed by atoms with Crippen LogP contribution in [0.25, 0.3) is 0 Å². The van der Waals surface area contributed by atoms with Gasteiger partial charge >= 0.3 is 0 Å². The van der Waals surface area contributed by atoms with Crippen LogP contribution in [0.4, 0.5) is 0 Å². The lowest BCUT2D eigenvalue weighted by Gasteiger charge is -2.10. The summed E-state index contributed by atoms with van der Waals surface area (Å²) in [6.45, 7) is 0. The maximum atomic E-state index is 12.5. The fraction of sp³-hybridized carbons (Fsp3) is 0.462. The molecule has 0 aliphatic heterocycles. The van der Waals surface area contributed by atoms with Gasteiger partial charge in [-0.2, -0.15) is 0 Å². The second-order valence-corrected chi connectivity index (χ2v) is 7.60. The number of carbonyl (C=O) groups excluding carboxylic acids is 2. The molecule has 0 unspecified atom stereocenters. The van der Waals surface area contributed by atoms with Crippen molar-refractivity contribution < 1.29 is 28.5 Å². The molecule has 0 radical (unpaired) electrons. The summed E-state index contributed by atoms with van der Waals surface area (Å²) in [5, 5.41) is 0. The Balaban J connectivity index is 1.67. The van der Waals surface area contributed by atoms with Crippen molar-refractivity contribution in [2.75, 3.05) is 28.4 Å². The molecule has 0 heterocycles. The number of Topliss-reactive ketones (excluding diaryl/α,β-unsaturated/α-hetero) is 2. The molecule has 0 atom stereocenters. The first kappa shape index (κ1) is 25.2. The number of hydrogen-bond acceptors (Lipinski definition) is 6. The highest BCUT2D eigenvalue weighted by molar-refractivity contribution is 5.99. The van der Waals surface area contributed by atoms with Crippen molar-refractivity contribution in [2.45, 2.75) is 51.4 Å². The van der Waals surface area contributed by atoms with Gasteiger partial charge in [0.1, 0.15) is 23.0 Å². The zero-order valence-corrected chi connectivity index (χ0v) is 19.6.